The van der Waals surface area contributed by atoms with E-state index in [9.17, 15) is 4.79 Å². The smallest absolute Gasteiger partial charge is 0.152 e. The normalized spacial score (nSPS) is 38.5. The molecular formula is C9H13NO. The van der Waals surface area contributed by atoms with Crippen molar-refractivity contribution in [2.75, 3.05) is 19.6 Å². The van der Waals surface area contributed by atoms with E-state index in [-0.39, 0.29) is 5.78 Å². The molecule has 2 fully saturated rings. The van der Waals surface area contributed by atoms with Crippen molar-refractivity contribution in [1.82, 2.24) is 4.90 Å². The van der Waals surface area contributed by atoms with Crippen molar-refractivity contribution >= 4 is 5.78 Å². The van der Waals surface area contributed by atoms with Crippen LogP contribution in [0.1, 0.15) is 13.3 Å². The Balaban J connectivity index is 2.13. The molecule has 2 saturated heterocycles. The number of rotatable bonds is 1. The minimum atomic E-state index is 0.203. The molecule has 0 amide bonds. The number of hydrogen-bond donors (Lipinski definition) is 0. The van der Waals surface area contributed by atoms with Crippen LogP contribution < -0.4 is 0 Å². The molecule has 2 nitrogen and oxygen atoms in total. The largest absolute Gasteiger partial charge is 0.299 e. The lowest BCUT2D eigenvalue weighted by molar-refractivity contribution is -0.112. The van der Waals surface area contributed by atoms with Crippen LogP contribution in [-0.4, -0.2) is 30.3 Å². The number of piperidine rings is 1. The lowest BCUT2D eigenvalue weighted by atomic mass is 9.98. The fraction of sp³-hybridized carbons (Fsp3) is 0.667. The lowest BCUT2D eigenvalue weighted by Gasteiger charge is -2.13. The number of ketones is 1. The van der Waals surface area contributed by atoms with Crippen LogP contribution in [0.15, 0.2) is 11.6 Å². The van der Waals surface area contributed by atoms with Gasteiger partial charge in [-0.05, 0) is 37.5 Å². The highest BCUT2D eigenvalue weighted by Crippen LogP contribution is 2.31. The Morgan fingerprint density at radius 1 is 1.73 bits per heavy atom. The van der Waals surface area contributed by atoms with Crippen LogP contribution in [0.5, 0.6) is 0 Å². The van der Waals surface area contributed by atoms with Gasteiger partial charge in [-0.15, -0.1) is 0 Å². The molecule has 0 spiro atoms. The zero-order valence-electron chi connectivity index (χ0n) is 6.84. The van der Waals surface area contributed by atoms with Crippen molar-refractivity contribution in [2.24, 2.45) is 5.92 Å². The third-order valence-corrected chi connectivity index (χ3v) is 2.59. The van der Waals surface area contributed by atoms with Gasteiger partial charge in [-0.2, -0.15) is 0 Å². The van der Waals surface area contributed by atoms with Gasteiger partial charge in [0.2, 0.25) is 0 Å². The van der Waals surface area contributed by atoms with Crippen LogP contribution in [0.4, 0.5) is 0 Å². The first kappa shape index (κ1) is 7.04. The Kier molecular flexibility index (Phi) is 1.57. The Morgan fingerprint density at radius 2 is 2.55 bits per heavy atom. The third kappa shape index (κ3) is 1.23. The minimum Gasteiger partial charge on any atom is -0.299 e. The number of carbonyl (C=O) groups is 1. The molecule has 2 unspecified atom stereocenters. The summed E-state index contributed by atoms with van der Waals surface area (Å²) in [5, 5.41) is 0. The van der Waals surface area contributed by atoms with Gasteiger partial charge in [0.05, 0.1) is 0 Å². The van der Waals surface area contributed by atoms with Crippen molar-refractivity contribution in [1.29, 1.82) is 0 Å². The van der Waals surface area contributed by atoms with Crippen molar-refractivity contribution < 1.29 is 4.79 Å². The van der Waals surface area contributed by atoms with Crippen LogP contribution in [-0.2, 0) is 4.79 Å². The predicted octanol–water partition coefficient (Wildman–Crippen LogP) is 0.837. The maximum atomic E-state index is 10.8. The van der Waals surface area contributed by atoms with Crippen LogP contribution in [0.25, 0.3) is 0 Å². The molecule has 0 saturated carbocycles. The van der Waals surface area contributed by atoms with Gasteiger partial charge < -0.3 is 0 Å². The van der Waals surface area contributed by atoms with E-state index in [4.69, 9.17) is 0 Å². The third-order valence-electron chi connectivity index (χ3n) is 2.59. The first-order valence-electron chi connectivity index (χ1n) is 4.19. The van der Waals surface area contributed by atoms with Crippen LogP contribution in [0.3, 0.4) is 0 Å². The Bertz CT molecular complexity index is 220. The maximum Gasteiger partial charge on any atom is 0.152 e. The fourth-order valence-corrected chi connectivity index (χ4v) is 2.09. The highest BCUT2D eigenvalue weighted by molar-refractivity contribution is 5.88. The van der Waals surface area contributed by atoms with E-state index >= 15 is 0 Å². The maximum absolute atomic E-state index is 10.8. The summed E-state index contributed by atoms with van der Waals surface area (Å²) in [5.74, 6) is 0.910. The number of hydrogen-bond acceptors (Lipinski definition) is 2. The summed E-state index contributed by atoms with van der Waals surface area (Å²) in [5.41, 5.74) is 1.36. The van der Waals surface area contributed by atoms with Gasteiger partial charge in [0.1, 0.15) is 0 Å². The molecule has 2 heterocycles. The number of carbonyl (C=O) groups excluding carboxylic acids is 1. The van der Waals surface area contributed by atoms with Gasteiger partial charge in [-0.25, -0.2) is 0 Å². The summed E-state index contributed by atoms with van der Waals surface area (Å²) in [6.07, 6.45) is 3.09. The highest BCUT2D eigenvalue weighted by atomic mass is 16.1. The van der Waals surface area contributed by atoms with Crippen molar-refractivity contribution in [3.8, 4) is 0 Å². The molecule has 0 aliphatic carbocycles. The molecule has 2 rings (SSSR count). The second-order valence-corrected chi connectivity index (χ2v) is 3.55. The van der Waals surface area contributed by atoms with Gasteiger partial charge >= 0.3 is 0 Å². The van der Waals surface area contributed by atoms with Crippen molar-refractivity contribution in [3.05, 3.63) is 11.6 Å². The van der Waals surface area contributed by atoms with E-state index in [1.807, 2.05) is 6.08 Å². The second-order valence-electron chi connectivity index (χ2n) is 3.55. The van der Waals surface area contributed by atoms with Gasteiger partial charge in [-0.1, -0.05) is 0 Å². The van der Waals surface area contributed by atoms with Gasteiger partial charge in [0, 0.05) is 13.1 Å². The zero-order chi connectivity index (χ0) is 7.84. The minimum absolute atomic E-state index is 0.203. The lowest BCUT2D eigenvalue weighted by Crippen LogP contribution is -2.18. The van der Waals surface area contributed by atoms with Crippen LogP contribution in [0, 0.1) is 5.92 Å². The van der Waals surface area contributed by atoms with Crippen LogP contribution >= 0.6 is 0 Å². The van der Waals surface area contributed by atoms with E-state index in [0.29, 0.717) is 5.92 Å². The highest BCUT2D eigenvalue weighted by Gasteiger charge is 2.33. The number of allylic oxidation sites excluding steroid dienone is 1. The summed E-state index contributed by atoms with van der Waals surface area (Å²) in [6.45, 7) is 5.11. The molecule has 0 aromatic carbocycles. The molecule has 2 bridgehead atoms. The summed E-state index contributed by atoms with van der Waals surface area (Å²) in [4.78, 5) is 13.2. The Morgan fingerprint density at radius 3 is 3.00 bits per heavy atom. The van der Waals surface area contributed by atoms with Crippen molar-refractivity contribution in [2.45, 2.75) is 13.3 Å². The van der Waals surface area contributed by atoms with Crippen LogP contribution in [0.2, 0.25) is 0 Å². The molecule has 0 aromatic heterocycles. The number of nitrogens with zero attached hydrogens (tertiary/aromatic N) is 1. The van der Waals surface area contributed by atoms with Gasteiger partial charge in [0.25, 0.3) is 0 Å². The van der Waals surface area contributed by atoms with Crippen molar-refractivity contribution in [3.63, 3.8) is 0 Å². The molecular weight excluding hydrogens is 138 g/mol. The quantitative estimate of drug-likeness (QED) is 0.517. The Labute approximate surface area is 66.9 Å². The molecule has 0 radical (unpaired) electrons. The Hall–Kier alpha value is -0.630. The second kappa shape index (κ2) is 2.45. The number of fused-ring (bicyclic) bond motifs is 2. The fourth-order valence-electron chi connectivity index (χ4n) is 2.09. The molecule has 2 heteroatoms. The summed E-state index contributed by atoms with van der Waals surface area (Å²) < 4.78 is 0. The molecule has 0 N–H and O–H groups in total. The topological polar surface area (TPSA) is 20.3 Å². The first-order valence-corrected chi connectivity index (χ1v) is 4.19. The SMILES string of the molecule is CC(=O)C=C1CN2CCC1C2. The average molecular weight is 151 g/mol. The van der Waals surface area contributed by atoms with E-state index in [0.717, 1.165) is 6.54 Å². The van der Waals surface area contributed by atoms with Gasteiger partial charge in [0.15, 0.2) is 5.78 Å². The van der Waals surface area contributed by atoms with Gasteiger partial charge in [-0.3, -0.25) is 9.69 Å². The summed E-state index contributed by atoms with van der Waals surface area (Å²) >= 11 is 0. The molecule has 2 atom stereocenters. The molecule has 0 aromatic rings. The molecule has 2 aliphatic heterocycles. The zero-order valence-corrected chi connectivity index (χ0v) is 6.84. The summed E-state index contributed by atoms with van der Waals surface area (Å²) in [6, 6.07) is 0. The van der Waals surface area contributed by atoms with E-state index < -0.39 is 0 Å². The molecule has 60 valence electrons. The van der Waals surface area contributed by atoms with E-state index in [1.54, 1.807) is 6.92 Å². The first-order chi connectivity index (χ1) is 5.25. The summed E-state index contributed by atoms with van der Waals surface area (Å²) in [7, 11) is 0. The average Bonchev–Trinajstić information content (AvgIpc) is 2.45. The monoisotopic (exact) mass is 151 g/mol. The standard InChI is InChI=1S/C9H13NO/c1-7(11)4-9-6-10-3-2-8(9)5-10/h4,8H,2-3,5-6H2,1H3. The van der Waals surface area contributed by atoms with E-state index in [1.165, 1.54) is 25.1 Å². The molecule has 2 aliphatic rings. The predicted molar refractivity (Wildman–Crippen MR) is 43.3 cm³/mol. The molecule has 11 heavy (non-hydrogen) atoms. The van der Waals surface area contributed by atoms with E-state index in [2.05, 4.69) is 4.90 Å².